The maximum absolute atomic E-state index is 5.21. The number of pyridine rings is 1. The van der Waals surface area contributed by atoms with Gasteiger partial charge in [-0.25, -0.2) is 0 Å². The van der Waals surface area contributed by atoms with E-state index in [1.807, 2.05) is 30.0 Å². The van der Waals surface area contributed by atoms with Gasteiger partial charge in [0.1, 0.15) is 5.69 Å². The van der Waals surface area contributed by atoms with Crippen LogP contribution in [0.4, 0.5) is 0 Å². The molecule has 0 aliphatic heterocycles. The van der Waals surface area contributed by atoms with E-state index >= 15 is 0 Å². The van der Waals surface area contributed by atoms with E-state index in [-0.39, 0.29) is 0 Å². The minimum atomic E-state index is 0.494. The molecule has 2 rings (SSSR count). The van der Waals surface area contributed by atoms with Gasteiger partial charge in [-0.15, -0.1) is 0 Å². The molecule has 0 aromatic carbocycles. The van der Waals surface area contributed by atoms with Crippen LogP contribution in [-0.2, 0) is 6.42 Å². The predicted molar refractivity (Wildman–Crippen MR) is 77.1 cm³/mol. The van der Waals surface area contributed by atoms with Gasteiger partial charge >= 0.3 is 0 Å². The van der Waals surface area contributed by atoms with Gasteiger partial charge in [-0.2, -0.15) is 16.7 Å². The lowest BCUT2D eigenvalue weighted by molar-refractivity contribution is 0.374. The Balaban J connectivity index is 1.85. The second kappa shape index (κ2) is 7.25. The second-order valence-electron chi connectivity index (χ2n) is 4.29. The lowest BCUT2D eigenvalue weighted by Gasteiger charge is -2.10. The van der Waals surface area contributed by atoms with E-state index in [9.17, 15) is 0 Å². The summed E-state index contributed by atoms with van der Waals surface area (Å²) in [7, 11) is 0. The fourth-order valence-corrected chi connectivity index (χ4v) is 2.31. The molecule has 0 saturated carbocycles. The van der Waals surface area contributed by atoms with E-state index in [4.69, 9.17) is 4.52 Å². The molecule has 0 aliphatic carbocycles. The number of hydrogen-bond donors (Lipinski definition) is 1. The van der Waals surface area contributed by atoms with Gasteiger partial charge < -0.3 is 9.84 Å². The molecule has 0 amide bonds. The molecule has 102 valence electrons. The lowest BCUT2D eigenvalue weighted by Crippen LogP contribution is -2.30. The van der Waals surface area contributed by atoms with E-state index in [1.165, 1.54) is 0 Å². The Hall–Kier alpha value is -1.40. The van der Waals surface area contributed by atoms with Gasteiger partial charge in [-0.05, 0) is 25.3 Å². The first-order valence-corrected chi connectivity index (χ1v) is 7.65. The zero-order chi connectivity index (χ0) is 13.5. The molecule has 1 N–H and O–H groups in total. The van der Waals surface area contributed by atoms with Crippen molar-refractivity contribution in [3.8, 4) is 11.5 Å². The van der Waals surface area contributed by atoms with Crippen molar-refractivity contribution in [1.29, 1.82) is 0 Å². The highest BCUT2D eigenvalue weighted by Gasteiger charge is 2.09. The predicted octanol–water partition coefficient (Wildman–Crippen LogP) is 2.02. The summed E-state index contributed by atoms with van der Waals surface area (Å²) in [6.07, 6.45) is 4.56. The second-order valence-corrected chi connectivity index (χ2v) is 5.20. The average Bonchev–Trinajstić information content (AvgIpc) is 2.89. The summed E-state index contributed by atoms with van der Waals surface area (Å²) < 4.78 is 5.21. The fraction of sp³-hybridized carbons (Fsp3) is 0.462. The normalized spacial score (nSPS) is 12.5. The summed E-state index contributed by atoms with van der Waals surface area (Å²) in [5.74, 6) is 2.29. The zero-order valence-corrected chi connectivity index (χ0v) is 12.0. The third kappa shape index (κ3) is 4.33. The molecule has 0 spiro atoms. The monoisotopic (exact) mass is 278 g/mol. The van der Waals surface area contributed by atoms with Crippen LogP contribution in [0.2, 0.25) is 0 Å². The first-order valence-electron chi connectivity index (χ1n) is 6.26. The molecule has 0 fully saturated rings. The highest BCUT2D eigenvalue weighted by atomic mass is 32.2. The molecular formula is C13H18N4OS. The molecule has 2 heterocycles. The SMILES string of the molecule is CSC[C@H](C)NCCc1nc(-c2ccccn2)no1. The van der Waals surface area contributed by atoms with Crippen LogP contribution < -0.4 is 5.32 Å². The van der Waals surface area contributed by atoms with Crippen molar-refractivity contribution >= 4 is 11.8 Å². The molecule has 2 aromatic heterocycles. The van der Waals surface area contributed by atoms with E-state index in [0.717, 1.165) is 24.4 Å². The first kappa shape index (κ1) is 14.0. The van der Waals surface area contributed by atoms with Gasteiger partial charge in [0.25, 0.3) is 0 Å². The molecule has 6 heteroatoms. The van der Waals surface area contributed by atoms with Crippen molar-refractivity contribution in [3.63, 3.8) is 0 Å². The first-order chi connectivity index (χ1) is 9.29. The van der Waals surface area contributed by atoms with Crippen molar-refractivity contribution in [2.75, 3.05) is 18.6 Å². The largest absolute Gasteiger partial charge is 0.339 e. The molecule has 2 aromatic rings. The van der Waals surface area contributed by atoms with E-state index in [1.54, 1.807) is 6.20 Å². The number of hydrogen-bond acceptors (Lipinski definition) is 6. The smallest absolute Gasteiger partial charge is 0.228 e. The highest BCUT2D eigenvalue weighted by Crippen LogP contribution is 2.11. The summed E-state index contributed by atoms with van der Waals surface area (Å²) in [6.45, 7) is 3.01. The van der Waals surface area contributed by atoms with Crippen LogP contribution in [0.3, 0.4) is 0 Å². The van der Waals surface area contributed by atoms with Gasteiger partial charge in [-0.1, -0.05) is 11.2 Å². The maximum Gasteiger partial charge on any atom is 0.228 e. The molecule has 0 bridgehead atoms. The third-order valence-corrected chi connectivity index (χ3v) is 3.44. The summed E-state index contributed by atoms with van der Waals surface area (Å²) in [4.78, 5) is 8.53. The number of rotatable bonds is 7. The van der Waals surface area contributed by atoms with Crippen molar-refractivity contribution in [1.82, 2.24) is 20.4 Å². The topological polar surface area (TPSA) is 63.8 Å². The number of aromatic nitrogens is 3. The van der Waals surface area contributed by atoms with Crippen LogP contribution >= 0.6 is 11.8 Å². The maximum atomic E-state index is 5.21. The van der Waals surface area contributed by atoms with E-state index in [0.29, 0.717) is 17.8 Å². The fourth-order valence-electron chi connectivity index (χ4n) is 1.69. The van der Waals surface area contributed by atoms with Gasteiger partial charge in [0.2, 0.25) is 11.7 Å². The Morgan fingerprint density at radius 3 is 3.05 bits per heavy atom. The van der Waals surface area contributed by atoms with Crippen molar-refractivity contribution < 1.29 is 4.52 Å². The summed E-state index contributed by atoms with van der Waals surface area (Å²) in [5.41, 5.74) is 0.737. The van der Waals surface area contributed by atoms with Crippen LogP contribution in [0, 0.1) is 0 Å². The molecule has 0 saturated heterocycles. The van der Waals surface area contributed by atoms with Crippen LogP contribution in [0.15, 0.2) is 28.9 Å². The van der Waals surface area contributed by atoms with Gasteiger partial charge in [0.15, 0.2) is 0 Å². The van der Waals surface area contributed by atoms with Crippen LogP contribution in [-0.4, -0.2) is 39.7 Å². The van der Waals surface area contributed by atoms with Gasteiger partial charge in [-0.3, -0.25) is 4.98 Å². The van der Waals surface area contributed by atoms with E-state index in [2.05, 4.69) is 33.6 Å². The Morgan fingerprint density at radius 1 is 1.42 bits per heavy atom. The van der Waals surface area contributed by atoms with Crippen molar-refractivity contribution in [2.24, 2.45) is 0 Å². The average molecular weight is 278 g/mol. The van der Waals surface area contributed by atoms with E-state index < -0.39 is 0 Å². The van der Waals surface area contributed by atoms with Crippen molar-refractivity contribution in [2.45, 2.75) is 19.4 Å². The molecular weight excluding hydrogens is 260 g/mol. The van der Waals surface area contributed by atoms with Crippen LogP contribution in [0.25, 0.3) is 11.5 Å². The van der Waals surface area contributed by atoms with Crippen molar-refractivity contribution in [3.05, 3.63) is 30.3 Å². The molecule has 0 unspecified atom stereocenters. The summed E-state index contributed by atoms with van der Waals surface area (Å²) >= 11 is 1.84. The van der Waals surface area contributed by atoms with Gasteiger partial charge in [0.05, 0.1) is 0 Å². The minimum Gasteiger partial charge on any atom is -0.339 e. The number of nitrogens with one attached hydrogen (secondary N) is 1. The third-order valence-electron chi connectivity index (χ3n) is 2.61. The minimum absolute atomic E-state index is 0.494. The lowest BCUT2D eigenvalue weighted by atomic mass is 10.3. The molecule has 1 atom stereocenters. The Kier molecular flexibility index (Phi) is 5.35. The Bertz CT molecular complexity index is 488. The molecule has 0 radical (unpaired) electrons. The van der Waals surface area contributed by atoms with Crippen LogP contribution in [0.5, 0.6) is 0 Å². The Labute approximate surface area is 117 Å². The number of nitrogens with zero attached hydrogens (tertiary/aromatic N) is 3. The molecule has 19 heavy (non-hydrogen) atoms. The molecule has 5 nitrogen and oxygen atoms in total. The quantitative estimate of drug-likeness (QED) is 0.836. The molecule has 0 aliphatic rings. The summed E-state index contributed by atoms with van der Waals surface area (Å²) in [5, 5.41) is 7.36. The number of thioether (sulfide) groups is 1. The van der Waals surface area contributed by atoms with Gasteiger partial charge in [0, 0.05) is 31.0 Å². The zero-order valence-electron chi connectivity index (χ0n) is 11.2. The highest BCUT2D eigenvalue weighted by molar-refractivity contribution is 7.98. The standard InChI is InChI=1S/C13H18N4OS/c1-10(9-19-2)14-8-6-12-16-13(17-18-12)11-5-3-4-7-15-11/h3-5,7,10,14H,6,8-9H2,1-2H3/t10-/m0/s1. The summed E-state index contributed by atoms with van der Waals surface area (Å²) in [6, 6.07) is 6.13. The Morgan fingerprint density at radius 2 is 2.32 bits per heavy atom. The van der Waals surface area contributed by atoms with Crippen LogP contribution in [0.1, 0.15) is 12.8 Å².